The number of hydrogen-bond acceptors (Lipinski definition) is 10. The molecule has 0 aliphatic rings. The van der Waals surface area contributed by atoms with E-state index in [1.807, 2.05) is 0 Å². The van der Waals surface area contributed by atoms with Gasteiger partial charge in [-0.25, -0.2) is 0 Å². The summed E-state index contributed by atoms with van der Waals surface area (Å²) < 4.78 is 8.97. The van der Waals surface area contributed by atoms with Crippen molar-refractivity contribution in [3.8, 4) is 0 Å². The zero-order valence-corrected chi connectivity index (χ0v) is 19.3. The topological polar surface area (TPSA) is 146 Å². The number of ketones is 1. The van der Waals surface area contributed by atoms with E-state index in [1.165, 1.54) is 14.2 Å². The molecule has 186 valence electrons. The van der Waals surface area contributed by atoms with Gasteiger partial charge in [-0.15, -0.1) is 0 Å². The van der Waals surface area contributed by atoms with Crippen LogP contribution < -0.4 is 5.32 Å². The van der Waals surface area contributed by atoms with Crippen molar-refractivity contribution in [3.63, 3.8) is 0 Å². The molecular formula is C21H39N3O8. The third kappa shape index (κ3) is 18.7. The summed E-state index contributed by atoms with van der Waals surface area (Å²) in [6.45, 7) is 1.18. The minimum absolute atomic E-state index is 0.0666. The molecular weight excluding hydrogens is 422 g/mol. The van der Waals surface area contributed by atoms with Crippen molar-refractivity contribution in [3.05, 3.63) is 0 Å². The van der Waals surface area contributed by atoms with Crippen LogP contribution in [0.3, 0.4) is 0 Å². The van der Waals surface area contributed by atoms with E-state index in [0.29, 0.717) is 13.0 Å². The first kappa shape index (κ1) is 29.9. The molecule has 0 unspecified atom stereocenters. The summed E-state index contributed by atoms with van der Waals surface area (Å²) in [6, 6.07) is 0. The summed E-state index contributed by atoms with van der Waals surface area (Å²) in [5.41, 5.74) is 0. The average molecular weight is 462 g/mol. The van der Waals surface area contributed by atoms with E-state index in [2.05, 4.69) is 14.8 Å². The van der Waals surface area contributed by atoms with Gasteiger partial charge in [-0.2, -0.15) is 10.1 Å². The molecule has 0 saturated carbocycles. The molecule has 11 nitrogen and oxygen atoms in total. The smallest absolute Gasteiger partial charge is 0.306 e. The second kappa shape index (κ2) is 19.6. The molecule has 0 saturated heterocycles. The third-order valence-corrected chi connectivity index (χ3v) is 4.80. The molecule has 0 radical (unpaired) electrons. The van der Waals surface area contributed by atoms with E-state index in [4.69, 9.17) is 0 Å². The Morgan fingerprint density at radius 2 is 1.12 bits per heavy atom. The molecule has 3 N–H and O–H groups in total. The maximum atomic E-state index is 11.8. The van der Waals surface area contributed by atoms with Crippen LogP contribution in [0.15, 0.2) is 0 Å². The molecule has 0 fully saturated rings. The first-order valence-electron chi connectivity index (χ1n) is 11.1. The molecule has 0 bridgehead atoms. The lowest BCUT2D eigenvalue weighted by atomic mass is 10.1. The van der Waals surface area contributed by atoms with Crippen molar-refractivity contribution in [1.82, 2.24) is 15.4 Å². The van der Waals surface area contributed by atoms with E-state index in [1.54, 1.807) is 0 Å². The number of rotatable bonds is 20. The summed E-state index contributed by atoms with van der Waals surface area (Å²) in [4.78, 5) is 45.5. The van der Waals surface area contributed by atoms with Crippen molar-refractivity contribution < 1.29 is 39.1 Å². The van der Waals surface area contributed by atoms with Crippen molar-refractivity contribution in [2.75, 3.05) is 46.9 Å². The Morgan fingerprint density at radius 1 is 0.656 bits per heavy atom. The average Bonchev–Trinajstić information content (AvgIpc) is 2.79. The lowest BCUT2D eigenvalue weighted by molar-refractivity contribution is -0.146. The second-order valence-corrected chi connectivity index (χ2v) is 7.47. The first-order valence-corrected chi connectivity index (χ1v) is 11.1. The Balaban J connectivity index is 3.54. The molecule has 0 rings (SSSR count). The third-order valence-electron chi connectivity index (χ3n) is 4.80. The standard InChI is InChI=1S/C21H39N3O8/c1-31-20(27)11-16-23(29)14-9-18(25)8-6-4-3-5-7-13-22-19(26)10-15-24(30)17-12-21(28)32-2/h29-30H,3-17H2,1-2H3,(H,22,26). The molecule has 0 spiro atoms. The largest absolute Gasteiger partial charge is 0.469 e. The fourth-order valence-electron chi connectivity index (χ4n) is 2.77. The number of hydroxylamine groups is 4. The molecule has 32 heavy (non-hydrogen) atoms. The summed E-state index contributed by atoms with van der Waals surface area (Å²) in [7, 11) is 2.56. The zero-order valence-electron chi connectivity index (χ0n) is 19.3. The maximum Gasteiger partial charge on any atom is 0.306 e. The normalized spacial score (nSPS) is 10.9. The van der Waals surface area contributed by atoms with Gasteiger partial charge in [-0.05, 0) is 12.8 Å². The number of hydrogen-bond donors (Lipinski definition) is 3. The number of carbonyl (C=O) groups is 4. The number of ether oxygens (including phenoxy) is 2. The second-order valence-electron chi connectivity index (χ2n) is 7.47. The van der Waals surface area contributed by atoms with Gasteiger partial charge in [0.05, 0.1) is 27.1 Å². The number of carbonyl (C=O) groups excluding carboxylic acids is 4. The van der Waals surface area contributed by atoms with Crippen LogP contribution in [-0.2, 0) is 28.7 Å². The Hall–Kier alpha value is -2.08. The molecule has 11 heteroatoms. The van der Waals surface area contributed by atoms with Crippen LogP contribution >= 0.6 is 0 Å². The SMILES string of the molecule is COC(=O)CCN(O)CCC(=O)CCCCCCCNC(=O)CCN(O)CCC(=O)OC. The van der Waals surface area contributed by atoms with Crippen molar-refractivity contribution >= 4 is 23.6 Å². The highest BCUT2D eigenvalue weighted by atomic mass is 16.5. The molecule has 0 aliphatic heterocycles. The lowest BCUT2D eigenvalue weighted by Gasteiger charge is -2.13. The molecule has 0 aliphatic carbocycles. The van der Waals surface area contributed by atoms with Gasteiger partial charge in [0.25, 0.3) is 0 Å². The first-order chi connectivity index (χ1) is 15.3. The van der Waals surface area contributed by atoms with E-state index in [-0.39, 0.29) is 63.6 Å². The van der Waals surface area contributed by atoms with E-state index in [9.17, 15) is 29.6 Å². The van der Waals surface area contributed by atoms with Crippen LogP contribution in [-0.4, -0.2) is 91.1 Å². The van der Waals surface area contributed by atoms with Crippen LogP contribution in [0, 0.1) is 0 Å². The van der Waals surface area contributed by atoms with Crippen LogP contribution in [0.25, 0.3) is 0 Å². The number of nitrogens with one attached hydrogen (secondary N) is 1. The molecule has 0 atom stereocenters. The number of unbranched alkanes of at least 4 members (excludes halogenated alkanes) is 4. The summed E-state index contributed by atoms with van der Waals surface area (Å²) in [6.07, 6.45) is 5.46. The van der Waals surface area contributed by atoms with Gasteiger partial charge in [-0.1, -0.05) is 19.3 Å². The fourth-order valence-corrected chi connectivity index (χ4v) is 2.77. The van der Waals surface area contributed by atoms with Gasteiger partial charge in [0, 0.05) is 52.0 Å². The minimum atomic E-state index is -0.415. The van der Waals surface area contributed by atoms with Crippen LogP contribution in [0.4, 0.5) is 0 Å². The monoisotopic (exact) mass is 461 g/mol. The van der Waals surface area contributed by atoms with Gasteiger partial charge in [-0.3, -0.25) is 19.2 Å². The number of methoxy groups -OCH3 is 2. The summed E-state index contributed by atoms with van der Waals surface area (Å²) >= 11 is 0. The lowest BCUT2D eigenvalue weighted by Crippen LogP contribution is -2.30. The quantitative estimate of drug-likeness (QED) is 0.138. The molecule has 1 amide bonds. The number of esters is 2. The molecule has 0 aromatic heterocycles. The number of amides is 1. The Kier molecular flexibility index (Phi) is 18.3. The zero-order chi connectivity index (χ0) is 24.2. The number of Topliss-reactive ketones (excluding diaryl/α,β-unsaturated/α-hetero) is 1. The summed E-state index contributed by atoms with van der Waals surface area (Å²) in [5, 5.41) is 23.9. The van der Waals surface area contributed by atoms with Gasteiger partial charge < -0.3 is 25.2 Å². The molecule has 0 aromatic carbocycles. The van der Waals surface area contributed by atoms with E-state index in [0.717, 1.165) is 42.2 Å². The van der Waals surface area contributed by atoms with Crippen LogP contribution in [0.5, 0.6) is 0 Å². The highest BCUT2D eigenvalue weighted by Crippen LogP contribution is 2.07. The minimum Gasteiger partial charge on any atom is -0.469 e. The van der Waals surface area contributed by atoms with Crippen molar-refractivity contribution in [1.29, 1.82) is 0 Å². The molecule has 0 aromatic rings. The Labute approximate surface area is 189 Å². The van der Waals surface area contributed by atoms with Gasteiger partial charge >= 0.3 is 11.9 Å². The van der Waals surface area contributed by atoms with Gasteiger partial charge in [0.1, 0.15) is 5.78 Å². The Bertz CT molecular complexity index is 511. The van der Waals surface area contributed by atoms with Gasteiger partial charge in [0.2, 0.25) is 5.91 Å². The van der Waals surface area contributed by atoms with Crippen molar-refractivity contribution in [2.45, 2.75) is 64.2 Å². The van der Waals surface area contributed by atoms with Crippen LogP contribution in [0.1, 0.15) is 64.2 Å². The van der Waals surface area contributed by atoms with Crippen molar-refractivity contribution in [2.24, 2.45) is 0 Å². The predicted molar refractivity (Wildman–Crippen MR) is 115 cm³/mol. The van der Waals surface area contributed by atoms with Gasteiger partial charge in [0.15, 0.2) is 0 Å². The van der Waals surface area contributed by atoms with E-state index >= 15 is 0 Å². The highest BCUT2D eigenvalue weighted by molar-refractivity contribution is 5.78. The van der Waals surface area contributed by atoms with E-state index < -0.39 is 11.9 Å². The maximum absolute atomic E-state index is 11.8. The number of nitrogens with zero attached hydrogens (tertiary/aromatic N) is 2. The fraction of sp³-hybridized carbons (Fsp3) is 0.810. The molecule has 0 heterocycles. The Morgan fingerprint density at radius 3 is 1.69 bits per heavy atom. The predicted octanol–water partition coefficient (Wildman–Crippen LogP) is 1.30. The van der Waals surface area contributed by atoms with Crippen LogP contribution in [0.2, 0.25) is 0 Å². The highest BCUT2D eigenvalue weighted by Gasteiger charge is 2.10. The summed E-state index contributed by atoms with van der Waals surface area (Å²) in [5.74, 6) is -0.891.